The maximum Gasteiger partial charge on any atom is 0.416 e. The number of benzene rings is 2. The SMILES string of the molecule is COc1cccc([C@@](C)(Cc2ccccc2)c2cc(F)cc(C(F)(F)F)c2)n1. The zero-order valence-corrected chi connectivity index (χ0v) is 15.4. The second kappa shape index (κ2) is 7.62. The molecule has 0 aliphatic carbocycles. The fourth-order valence-corrected chi connectivity index (χ4v) is 3.25. The Labute approximate surface area is 160 Å². The summed E-state index contributed by atoms with van der Waals surface area (Å²) in [6.07, 6.45) is -4.30. The largest absolute Gasteiger partial charge is 0.481 e. The number of rotatable bonds is 5. The molecule has 3 aromatic rings. The van der Waals surface area contributed by atoms with Crippen LogP contribution in [0.15, 0.2) is 66.7 Å². The number of hydrogen-bond donors (Lipinski definition) is 0. The predicted octanol–water partition coefficient (Wildman–Crippen LogP) is 5.80. The second-order valence-electron chi connectivity index (χ2n) is 6.79. The summed E-state index contributed by atoms with van der Waals surface area (Å²) < 4.78 is 59.2. The minimum atomic E-state index is -4.65. The summed E-state index contributed by atoms with van der Waals surface area (Å²) in [5.41, 5.74) is -0.436. The second-order valence-corrected chi connectivity index (χ2v) is 6.79. The lowest BCUT2D eigenvalue weighted by Crippen LogP contribution is -2.29. The number of nitrogens with zero attached hydrogens (tertiary/aromatic N) is 1. The molecule has 28 heavy (non-hydrogen) atoms. The molecule has 0 saturated carbocycles. The minimum absolute atomic E-state index is 0.199. The Hall–Kier alpha value is -2.89. The van der Waals surface area contributed by atoms with Crippen LogP contribution in [0.3, 0.4) is 0 Å². The first kappa shape index (κ1) is 19.9. The smallest absolute Gasteiger partial charge is 0.416 e. The molecule has 0 unspecified atom stereocenters. The van der Waals surface area contributed by atoms with E-state index in [-0.39, 0.29) is 5.56 Å². The molecule has 1 atom stereocenters. The third-order valence-corrected chi connectivity index (χ3v) is 4.76. The van der Waals surface area contributed by atoms with Gasteiger partial charge in [0.2, 0.25) is 5.88 Å². The summed E-state index contributed by atoms with van der Waals surface area (Å²) in [6.45, 7) is 1.76. The van der Waals surface area contributed by atoms with Crippen molar-refractivity contribution in [1.82, 2.24) is 4.98 Å². The van der Waals surface area contributed by atoms with Gasteiger partial charge in [0.1, 0.15) is 5.82 Å². The van der Waals surface area contributed by atoms with E-state index in [4.69, 9.17) is 4.74 Å². The van der Waals surface area contributed by atoms with E-state index in [2.05, 4.69) is 4.98 Å². The average molecular weight is 389 g/mol. The van der Waals surface area contributed by atoms with E-state index in [0.717, 1.165) is 17.7 Å². The molecule has 2 aromatic carbocycles. The van der Waals surface area contributed by atoms with Gasteiger partial charge in [0.25, 0.3) is 0 Å². The molecule has 146 valence electrons. The number of alkyl halides is 3. The van der Waals surface area contributed by atoms with Gasteiger partial charge in [-0.25, -0.2) is 9.37 Å². The van der Waals surface area contributed by atoms with Crippen LogP contribution in [0.25, 0.3) is 0 Å². The van der Waals surface area contributed by atoms with Crippen LogP contribution in [0.5, 0.6) is 5.88 Å². The monoisotopic (exact) mass is 389 g/mol. The molecule has 0 spiro atoms. The van der Waals surface area contributed by atoms with Crippen molar-refractivity contribution in [2.24, 2.45) is 0 Å². The Morgan fingerprint density at radius 2 is 1.57 bits per heavy atom. The number of methoxy groups -OCH3 is 1. The number of halogens is 4. The highest BCUT2D eigenvalue weighted by Crippen LogP contribution is 2.39. The normalized spacial score (nSPS) is 13.8. The first-order valence-corrected chi connectivity index (χ1v) is 8.66. The van der Waals surface area contributed by atoms with Crippen molar-refractivity contribution in [3.8, 4) is 5.88 Å². The van der Waals surface area contributed by atoms with Gasteiger partial charge in [0.05, 0.1) is 18.4 Å². The molecule has 0 N–H and O–H groups in total. The van der Waals surface area contributed by atoms with Crippen LogP contribution >= 0.6 is 0 Å². The van der Waals surface area contributed by atoms with Gasteiger partial charge in [-0.15, -0.1) is 0 Å². The van der Waals surface area contributed by atoms with Gasteiger partial charge in [-0.1, -0.05) is 36.4 Å². The molecular weight excluding hydrogens is 370 g/mol. The molecule has 0 saturated heterocycles. The fourth-order valence-electron chi connectivity index (χ4n) is 3.25. The third kappa shape index (κ3) is 4.16. The van der Waals surface area contributed by atoms with Gasteiger partial charge < -0.3 is 4.74 Å². The number of ether oxygens (including phenoxy) is 1. The van der Waals surface area contributed by atoms with Gasteiger partial charge >= 0.3 is 6.18 Å². The molecule has 1 aromatic heterocycles. The lowest BCUT2D eigenvalue weighted by Gasteiger charge is -2.31. The molecule has 0 bridgehead atoms. The van der Waals surface area contributed by atoms with Crippen molar-refractivity contribution < 1.29 is 22.3 Å². The van der Waals surface area contributed by atoms with Crippen molar-refractivity contribution in [3.63, 3.8) is 0 Å². The summed E-state index contributed by atoms with van der Waals surface area (Å²) in [4.78, 5) is 4.43. The molecule has 0 aliphatic heterocycles. The zero-order chi connectivity index (χ0) is 20.4. The van der Waals surface area contributed by atoms with E-state index < -0.39 is 23.0 Å². The van der Waals surface area contributed by atoms with Crippen molar-refractivity contribution in [2.75, 3.05) is 7.11 Å². The van der Waals surface area contributed by atoms with Crippen LogP contribution in [0.1, 0.15) is 29.3 Å². The molecule has 0 fully saturated rings. The molecular formula is C22H19F4NO. The lowest BCUT2D eigenvalue weighted by atomic mass is 9.74. The Morgan fingerprint density at radius 3 is 2.21 bits per heavy atom. The Balaban J connectivity index is 2.20. The van der Waals surface area contributed by atoms with E-state index in [9.17, 15) is 17.6 Å². The van der Waals surface area contributed by atoms with Crippen LogP contribution in [0, 0.1) is 5.82 Å². The maximum atomic E-state index is 14.1. The van der Waals surface area contributed by atoms with Crippen molar-refractivity contribution in [1.29, 1.82) is 0 Å². The summed E-state index contributed by atoms with van der Waals surface area (Å²) in [6, 6.07) is 17.0. The third-order valence-electron chi connectivity index (χ3n) is 4.76. The van der Waals surface area contributed by atoms with Crippen LogP contribution < -0.4 is 4.74 Å². The fraction of sp³-hybridized carbons (Fsp3) is 0.227. The lowest BCUT2D eigenvalue weighted by molar-refractivity contribution is -0.137. The quantitative estimate of drug-likeness (QED) is 0.515. The first-order valence-electron chi connectivity index (χ1n) is 8.66. The van der Waals surface area contributed by atoms with Crippen LogP contribution in [-0.4, -0.2) is 12.1 Å². The molecule has 6 heteroatoms. The van der Waals surface area contributed by atoms with Gasteiger partial charge in [0.15, 0.2) is 0 Å². The summed E-state index contributed by atoms with van der Waals surface area (Å²) in [7, 11) is 1.46. The van der Waals surface area contributed by atoms with E-state index >= 15 is 0 Å². The summed E-state index contributed by atoms with van der Waals surface area (Å²) >= 11 is 0. The van der Waals surface area contributed by atoms with Crippen molar-refractivity contribution in [3.05, 3.63) is 94.9 Å². The molecule has 0 radical (unpaired) electrons. The topological polar surface area (TPSA) is 22.1 Å². The van der Waals surface area contributed by atoms with Crippen molar-refractivity contribution >= 4 is 0 Å². The standard InChI is InChI=1S/C22H19F4NO/c1-21(14-15-7-4-3-5-8-15,19-9-6-10-20(27-19)28-2)16-11-17(22(24,25)26)13-18(23)12-16/h3-13H,14H2,1-2H3/t21-/m0/s1. The zero-order valence-electron chi connectivity index (χ0n) is 15.4. The Morgan fingerprint density at radius 1 is 0.893 bits per heavy atom. The van der Waals surface area contributed by atoms with Gasteiger partial charge in [-0.2, -0.15) is 13.2 Å². The number of pyridine rings is 1. The van der Waals surface area contributed by atoms with E-state index in [0.29, 0.717) is 24.1 Å². The maximum absolute atomic E-state index is 14.1. The molecule has 0 amide bonds. The summed E-state index contributed by atoms with van der Waals surface area (Å²) in [5.74, 6) is -0.601. The van der Waals surface area contributed by atoms with Crippen LogP contribution in [0.2, 0.25) is 0 Å². The highest BCUT2D eigenvalue weighted by molar-refractivity contribution is 5.41. The molecule has 3 rings (SSSR count). The molecule has 1 heterocycles. The summed E-state index contributed by atoms with van der Waals surface area (Å²) in [5, 5.41) is 0. The number of hydrogen-bond acceptors (Lipinski definition) is 2. The minimum Gasteiger partial charge on any atom is -0.481 e. The van der Waals surface area contributed by atoms with Crippen LogP contribution in [0.4, 0.5) is 17.6 Å². The van der Waals surface area contributed by atoms with Gasteiger partial charge in [-0.05, 0) is 48.7 Å². The highest BCUT2D eigenvalue weighted by Gasteiger charge is 2.36. The van der Waals surface area contributed by atoms with Gasteiger partial charge in [0, 0.05) is 11.5 Å². The van der Waals surface area contributed by atoms with Crippen LogP contribution in [-0.2, 0) is 18.0 Å². The molecule has 0 aliphatic rings. The van der Waals surface area contributed by atoms with E-state index in [1.165, 1.54) is 7.11 Å². The highest BCUT2D eigenvalue weighted by atomic mass is 19.4. The number of aromatic nitrogens is 1. The van der Waals surface area contributed by atoms with E-state index in [1.807, 2.05) is 30.3 Å². The predicted molar refractivity (Wildman–Crippen MR) is 98.8 cm³/mol. The average Bonchev–Trinajstić information content (AvgIpc) is 2.67. The Bertz CT molecular complexity index is 956. The first-order chi connectivity index (χ1) is 13.2. The Kier molecular flexibility index (Phi) is 5.40. The van der Waals surface area contributed by atoms with Crippen molar-refractivity contribution in [2.45, 2.75) is 24.9 Å². The van der Waals surface area contributed by atoms with Gasteiger partial charge in [-0.3, -0.25) is 0 Å². The molecule has 2 nitrogen and oxygen atoms in total. The van der Waals surface area contributed by atoms with E-state index in [1.54, 1.807) is 25.1 Å².